The highest BCUT2D eigenvalue weighted by Gasteiger charge is 2.38. The third kappa shape index (κ3) is 1.45. The molecule has 1 unspecified atom stereocenters. The second-order valence-corrected chi connectivity index (χ2v) is 2.86. The molecule has 1 aliphatic rings. The van der Waals surface area contributed by atoms with E-state index in [-0.39, 0.29) is 13.0 Å². The second-order valence-electron chi connectivity index (χ2n) is 2.86. The minimum absolute atomic E-state index is 0.0880. The van der Waals surface area contributed by atoms with E-state index in [9.17, 15) is 4.39 Å². The maximum Gasteiger partial charge on any atom is 0.197 e. The highest BCUT2D eigenvalue weighted by Crippen LogP contribution is 2.20. The summed E-state index contributed by atoms with van der Waals surface area (Å²) in [7, 11) is 1.75. The summed E-state index contributed by atoms with van der Waals surface area (Å²) in [6.45, 7) is 0.639. The van der Waals surface area contributed by atoms with Gasteiger partial charge in [-0.05, 0) is 7.05 Å². The van der Waals surface area contributed by atoms with Crippen LogP contribution >= 0.6 is 0 Å². The fourth-order valence-corrected chi connectivity index (χ4v) is 1.02. The van der Waals surface area contributed by atoms with Crippen molar-refractivity contribution in [3.8, 4) is 0 Å². The van der Waals surface area contributed by atoms with Gasteiger partial charge in [-0.1, -0.05) is 0 Å². The fourth-order valence-electron chi connectivity index (χ4n) is 1.02. The molecule has 0 radical (unpaired) electrons. The third-order valence-corrected chi connectivity index (χ3v) is 1.84. The van der Waals surface area contributed by atoms with Gasteiger partial charge in [0.05, 0.1) is 0 Å². The Kier molecular flexibility index (Phi) is 1.94. The Labute approximate surface area is 59.1 Å². The summed E-state index contributed by atoms with van der Waals surface area (Å²) in [4.78, 5) is 1.73. The smallest absolute Gasteiger partial charge is 0.197 e. The number of hydrogen-bond donors (Lipinski definition) is 2. The van der Waals surface area contributed by atoms with E-state index in [0.717, 1.165) is 0 Å². The molecule has 0 aliphatic carbocycles. The van der Waals surface area contributed by atoms with Crippen LogP contribution in [-0.4, -0.2) is 47.2 Å². The molecule has 60 valence electrons. The number of alkyl halides is 1. The van der Waals surface area contributed by atoms with E-state index in [4.69, 9.17) is 10.2 Å². The normalized spacial score (nSPS) is 34.2. The van der Waals surface area contributed by atoms with Gasteiger partial charge in [-0.25, -0.2) is 4.39 Å². The molecule has 0 spiro atoms. The molecule has 10 heavy (non-hydrogen) atoms. The molecular weight excluding hydrogens is 137 g/mol. The molecular formula is C6H12FNO2. The maximum atomic E-state index is 12.7. The molecule has 0 aromatic heterocycles. The van der Waals surface area contributed by atoms with Crippen molar-refractivity contribution in [3.05, 3.63) is 0 Å². The molecule has 1 aliphatic heterocycles. The molecule has 0 aromatic rings. The zero-order valence-electron chi connectivity index (χ0n) is 5.92. The molecule has 3 nitrogen and oxygen atoms in total. The molecule has 1 fully saturated rings. The summed E-state index contributed by atoms with van der Waals surface area (Å²) < 4.78 is 12.7. The molecule has 1 heterocycles. The monoisotopic (exact) mass is 149 g/mol. The topological polar surface area (TPSA) is 43.7 Å². The first-order valence-electron chi connectivity index (χ1n) is 3.30. The standard InChI is InChI=1S/C6H12FNO2/c1-8-3-2-6(9,10)5(7)4-8/h5,9-10H,2-4H2,1H3. The van der Waals surface area contributed by atoms with Gasteiger partial charge in [0.2, 0.25) is 0 Å². The van der Waals surface area contributed by atoms with Gasteiger partial charge in [0, 0.05) is 19.5 Å². The van der Waals surface area contributed by atoms with Crippen LogP contribution in [0.5, 0.6) is 0 Å². The summed E-state index contributed by atoms with van der Waals surface area (Å²) in [5, 5.41) is 17.8. The molecule has 0 bridgehead atoms. The lowest BCUT2D eigenvalue weighted by atomic mass is 10.0. The first-order valence-corrected chi connectivity index (χ1v) is 3.30. The van der Waals surface area contributed by atoms with Gasteiger partial charge in [-0.2, -0.15) is 0 Å². The van der Waals surface area contributed by atoms with Gasteiger partial charge in [-0.15, -0.1) is 0 Å². The highest BCUT2D eigenvalue weighted by atomic mass is 19.1. The SMILES string of the molecule is CN1CCC(O)(O)C(F)C1. The average molecular weight is 149 g/mol. The minimum Gasteiger partial charge on any atom is -0.363 e. The van der Waals surface area contributed by atoms with Crippen molar-refractivity contribution in [2.75, 3.05) is 20.1 Å². The lowest BCUT2D eigenvalue weighted by Crippen LogP contribution is -2.52. The van der Waals surface area contributed by atoms with E-state index in [2.05, 4.69) is 0 Å². The molecule has 4 heteroatoms. The predicted octanol–water partition coefficient (Wildman–Crippen LogP) is -0.659. The predicted molar refractivity (Wildman–Crippen MR) is 34.2 cm³/mol. The number of rotatable bonds is 0. The van der Waals surface area contributed by atoms with Crippen LogP contribution in [0.4, 0.5) is 4.39 Å². The third-order valence-electron chi connectivity index (χ3n) is 1.84. The van der Waals surface area contributed by atoms with Crippen LogP contribution in [-0.2, 0) is 0 Å². The number of aliphatic hydroxyl groups is 2. The Morgan fingerprint density at radius 2 is 2.20 bits per heavy atom. The molecule has 1 rings (SSSR count). The molecule has 1 saturated heterocycles. The summed E-state index contributed by atoms with van der Waals surface area (Å²) >= 11 is 0. The average Bonchev–Trinajstić information content (AvgIpc) is 1.81. The van der Waals surface area contributed by atoms with Crippen LogP contribution in [0.15, 0.2) is 0 Å². The van der Waals surface area contributed by atoms with E-state index in [1.807, 2.05) is 0 Å². The Bertz CT molecular complexity index is 129. The van der Waals surface area contributed by atoms with Crippen LogP contribution in [0.3, 0.4) is 0 Å². The van der Waals surface area contributed by atoms with Crippen molar-refractivity contribution in [3.63, 3.8) is 0 Å². The van der Waals surface area contributed by atoms with Crippen LogP contribution < -0.4 is 0 Å². The number of halogens is 1. The molecule has 0 amide bonds. The van der Waals surface area contributed by atoms with Crippen molar-refractivity contribution in [2.24, 2.45) is 0 Å². The van der Waals surface area contributed by atoms with Gasteiger partial charge in [0.1, 0.15) is 0 Å². The number of nitrogens with zero attached hydrogens (tertiary/aromatic N) is 1. The van der Waals surface area contributed by atoms with Gasteiger partial charge < -0.3 is 15.1 Å². The van der Waals surface area contributed by atoms with E-state index < -0.39 is 12.0 Å². The number of likely N-dealkylation sites (tertiary alicyclic amines) is 1. The van der Waals surface area contributed by atoms with E-state index in [1.54, 1.807) is 11.9 Å². The first-order chi connectivity index (χ1) is 4.52. The largest absolute Gasteiger partial charge is 0.363 e. The minimum atomic E-state index is -2.09. The molecule has 0 saturated carbocycles. The van der Waals surface area contributed by atoms with Gasteiger partial charge >= 0.3 is 0 Å². The second kappa shape index (κ2) is 2.45. The van der Waals surface area contributed by atoms with E-state index in [1.165, 1.54) is 0 Å². The Morgan fingerprint density at radius 3 is 2.60 bits per heavy atom. The lowest BCUT2D eigenvalue weighted by Gasteiger charge is -2.35. The number of hydrogen-bond acceptors (Lipinski definition) is 3. The van der Waals surface area contributed by atoms with Crippen molar-refractivity contribution < 1.29 is 14.6 Å². The summed E-state index contributed by atoms with van der Waals surface area (Å²) in [6.07, 6.45) is -1.45. The Balaban J connectivity index is 2.52. The van der Waals surface area contributed by atoms with E-state index >= 15 is 0 Å². The Hall–Kier alpha value is -0.190. The zero-order chi connectivity index (χ0) is 7.78. The van der Waals surface area contributed by atoms with Crippen LogP contribution in [0, 0.1) is 0 Å². The van der Waals surface area contributed by atoms with Crippen LogP contribution in [0.2, 0.25) is 0 Å². The molecule has 1 atom stereocenters. The summed E-state index contributed by atoms with van der Waals surface area (Å²) in [5.41, 5.74) is 0. The first kappa shape index (κ1) is 7.91. The quantitative estimate of drug-likeness (QED) is 0.449. The zero-order valence-corrected chi connectivity index (χ0v) is 5.92. The Morgan fingerprint density at radius 1 is 1.60 bits per heavy atom. The van der Waals surface area contributed by atoms with E-state index in [0.29, 0.717) is 6.54 Å². The van der Waals surface area contributed by atoms with Crippen molar-refractivity contribution in [1.82, 2.24) is 4.90 Å². The number of piperidine rings is 1. The van der Waals surface area contributed by atoms with Crippen molar-refractivity contribution >= 4 is 0 Å². The van der Waals surface area contributed by atoms with Gasteiger partial charge in [0.15, 0.2) is 12.0 Å². The van der Waals surface area contributed by atoms with Crippen LogP contribution in [0.1, 0.15) is 6.42 Å². The maximum absolute atomic E-state index is 12.7. The molecule has 0 aromatic carbocycles. The lowest BCUT2D eigenvalue weighted by molar-refractivity contribution is -0.227. The fraction of sp³-hybridized carbons (Fsp3) is 1.00. The summed E-state index contributed by atoms with van der Waals surface area (Å²) in [6, 6.07) is 0. The van der Waals surface area contributed by atoms with Gasteiger partial charge in [-0.3, -0.25) is 0 Å². The van der Waals surface area contributed by atoms with Gasteiger partial charge in [0.25, 0.3) is 0 Å². The highest BCUT2D eigenvalue weighted by molar-refractivity contribution is 4.83. The summed E-state index contributed by atoms with van der Waals surface area (Å²) in [5.74, 6) is -2.09. The molecule has 2 N–H and O–H groups in total. The van der Waals surface area contributed by atoms with Crippen LogP contribution in [0.25, 0.3) is 0 Å². The van der Waals surface area contributed by atoms with Crippen molar-refractivity contribution in [1.29, 1.82) is 0 Å². The van der Waals surface area contributed by atoms with Crippen molar-refractivity contribution in [2.45, 2.75) is 18.4 Å².